The van der Waals surface area contributed by atoms with E-state index in [0.717, 1.165) is 18.9 Å². The molecule has 5 nitrogen and oxygen atoms in total. The van der Waals surface area contributed by atoms with Crippen molar-refractivity contribution < 1.29 is 17.9 Å². The van der Waals surface area contributed by atoms with E-state index in [1.807, 2.05) is 6.92 Å². The van der Waals surface area contributed by atoms with Gasteiger partial charge in [0.05, 0.1) is 17.1 Å². The molecule has 0 saturated heterocycles. The van der Waals surface area contributed by atoms with Gasteiger partial charge in [-0.05, 0) is 24.6 Å². The Kier molecular flexibility index (Phi) is 5.13. The molecule has 2 N–H and O–H groups in total. The van der Waals surface area contributed by atoms with Gasteiger partial charge in [-0.15, -0.1) is 0 Å². The van der Waals surface area contributed by atoms with E-state index in [0.29, 0.717) is 0 Å². The number of hydrogen-bond donors (Lipinski definition) is 1. The first-order valence-electron chi connectivity index (χ1n) is 5.35. The third-order valence-electron chi connectivity index (χ3n) is 2.17. The summed E-state index contributed by atoms with van der Waals surface area (Å²) in [4.78, 5) is 11.4. The van der Waals surface area contributed by atoms with Gasteiger partial charge in [0.2, 0.25) is 10.0 Å². The standard InChI is InChI=1S/C11H14ClNO4S/c1-2-3-4-17-11(14)8-5-9(12)7-10(6-8)18(13,15)16/h5-7H,2-4H2,1H3,(H2,13,15,16). The Balaban J connectivity index is 2.96. The molecule has 0 amide bonds. The number of sulfonamides is 1. The summed E-state index contributed by atoms with van der Waals surface area (Å²) in [5.41, 5.74) is 0.0719. The summed E-state index contributed by atoms with van der Waals surface area (Å²) in [5.74, 6) is -0.615. The summed E-state index contributed by atoms with van der Waals surface area (Å²) in [7, 11) is -3.90. The SMILES string of the molecule is CCCCOC(=O)c1cc(Cl)cc(S(N)(=O)=O)c1. The van der Waals surface area contributed by atoms with E-state index in [9.17, 15) is 13.2 Å². The van der Waals surface area contributed by atoms with E-state index in [1.54, 1.807) is 0 Å². The molecule has 18 heavy (non-hydrogen) atoms. The summed E-state index contributed by atoms with van der Waals surface area (Å²) in [5, 5.41) is 5.09. The average molecular weight is 292 g/mol. The molecule has 0 radical (unpaired) electrons. The third kappa shape index (κ3) is 4.29. The van der Waals surface area contributed by atoms with Gasteiger partial charge in [-0.3, -0.25) is 0 Å². The number of carbonyl (C=O) groups is 1. The Hall–Kier alpha value is -1.11. The topological polar surface area (TPSA) is 86.5 Å². The van der Waals surface area contributed by atoms with E-state index >= 15 is 0 Å². The van der Waals surface area contributed by atoms with Crippen molar-refractivity contribution in [1.82, 2.24) is 0 Å². The Morgan fingerprint density at radius 2 is 2.06 bits per heavy atom. The minimum atomic E-state index is -3.90. The van der Waals surface area contributed by atoms with Crippen LogP contribution in [0, 0.1) is 0 Å². The van der Waals surface area contributed by atoms with Gasteiger partial charge in [-0.1, -0.05) is 24.9 Å². The first-order valence-corrected chi connectivity index (χ1v) is 7.27. The molecule has 0 aliphatic rings. The molecule has 0 spiro atoms. The van der Waals surface area contributed by atoms with Crippen molar-refractivity contribution in [2.45, 2.75) is 24.7 Å². The molecule has 0 aliphatic carbocycles. The molecule has 0 heterocycles. The Bertz CT molecular complexity index is 542. The number of hydrogen-bond acceptors (Lipinski definition) is 4. The van der Waals surface area contributed by atoms with E-state index in [2.05, 4.69) is 0 Å². The van der Waals surface area contributed by atoms with E-state index in [-0.39, 0.29) is 22.1 Å². The number of benzene rings is 1. The summed E-state index contributed by atoms with van der Waals surface area (Å²) >= 11 is 5.73. The first-order chi connectivity index (χ1) is 8.34. The van der Waals surface area contributed by atoms with Gasteiger partial charge in [0, 0.05) is 5.02 Å². The number of ether oxygens (including phenoxy) is 1. The maximum absolute atomic E-state index is 11.6. The van der Waals surface area contributed by atoms with Gasteiger partial charge in [0.15, 0.2) is 0 Å². The average Bonchev–Trinajstić information content (AvgIpc) is 2.27. The molecule has 1 aromatic carbocycles. The van der Waals surface area contributed by atoms with E-state index in [4.69, 9.17) is 21.5 Å². The maximum atomic E-state index is 11.6. The number of carbonyl (C=O) groups excluding carboxylic acids is 1. The highest BCUT2D eigenvalue weighted by molar-refractivity contribution is 7.89. The zero-order valence-corrected chi connectivity index (χ0v) is 11.4. The number of primary sulfonamides is 1. The van der Waals surface area contributed by atoms with Crippen molar-refractivity contribution in [3.63, 3.8) is 0 Å². The van der Waals surface area contributed by atoms with Gasteiger partial charge in [-0.2, -0.15) is 0 Å². The van der Waals surface area contributed by atoms with Crippen molar-refractivity contribution in [2.24, 2.45) is 5.14 Å². The lowest BCUT2D eigenvalue weighted by atomic mass is 10.2. The molecular formula is C11H14ClNO4S. The van der Waals surface area contributed by atoms with Crippen LogP contribution in [0.4, 0.5) is 0 Å². The maximum Gasteiger partial charge on any atom is 0.338 e. The van der Waals surface area contributed by atoms with Crippen LogP contribution in [0.25, 0.3) is 0 Å². The summed E-state index contributed by atoms with van der Waals surface area (Å²) in [6, 6.07) is 3.67. The molecule has 0 saturated carbocycles. The van der Waals surface area contributed by atoms with Gasteiger partial charge in [-0.25, -0.2) is 18.4 Å². The molecule has 0 aliphatic heterocycles. The monoisotopic (exact) mass is 291 g/mol. The molecule has 0 unspecified atom stereocenters. The highest BCUT2D eigenvalue weighted by Gasteiger charge is 2.15. The van der Waals surface area contributed by atoms with Crippen LogP contribution in [0.2, 0.25) is 5.02 Å². The summed E-state index contributed by atoms with van der Waals surface area (Å²) in [6.07, 6.45) is 1.64. The lowest BCUT2D eigenvalue weighted by Gasteiger charge is -2.06. The Labute approximate surface area is 111 Å². The highest BCUT2D eigenvalue weighted by atomic mass is 35.5. The second-order valence-electron chi connectivity index (χ2n) is 3.71. The van der Waals surface area contributed by atoms with Gasteiger partial charge < -0.3 is 4.74 Å². The summed E-state index contributed by atoms with van der Waals surface area (Å²) < 4.78 is 27.3. The fourth-order valence-corrected chi connectivity index (χ4v) is 2.12. The first kappa shape index (κ1) is 14.9. The molecule has 100 valence electrons. The third-order valence-corrected chi connectivity index (χ3v) is 3.28. The fraction of sp³-hybridized carbons (Fsp3) is 0.364. The lowest BCUT2D eigenvalue weighted by molar-refractivity contribution is 0.0499. The number of nitrogens with two attached hydrogens (primary N) is 1. The van der Waals surface area contributed by atoms with Crippen LogP contribution in [0.15, 0.2) is 23.1 Å². The number of unbranched alkanes of at least 4 members (excludes halogenated alkanes) is 1. The fourth-order valence-electron chi connectivity index (χ4n) is 1.24. The predicted octanol–water partition coefficient (Wildman–Crippen LogP) is 1.94. The quantitative estimate of drug-likeness (QED) is 0.663. The molecule has 0 bridgehead atoms. The summed E-state index contributed by atoms with van der Waals surface area (Å²) in [6.45, 7) is 2.25. The number of esters is 1. The van der Waals surface area contributed by atoms with Gasteiger partial charge in [0.25, 0.3) is 0 Å². The predicted molar refractivity (Wildman–Crippen MR) is 68.0 cm³/mol. The van der Waals surface area contributed by atoms with E-state index in [1.165, 1.54) is 12.1 Å². The van der Waals surface area contributed by atoms with Gasteiger partial charge in [0.1, 0.15) is 0 Å². The van der Waals surface area contributed by atoms with Gasteiger partial charge >= 0.3 is 5.97 Å². The molecule has 1 rings (SSSR count). The van der Waals surface area contributed by atoms with Crippen molar-refractivity contribution in [1.29, 1.82) is 0 Å². The van der Waals surface area contributed by atoms with Crippen LogP contribution in [0.1, 0.15) is 30.1 Å². The number of rotatable bonds is 5. The van der Waals surface area contributed by atoms with Crippen LogP contribution in [0.3, 0.4) is 0 Å². The molecule has 0 aromatic heterocycles. The second-order valence-corrected chi connectivity index (χ2v) is 5.71. The van der Waals surface area contributed by atoms with E-state index < -0.39 is 16.0 Å². The van der Waals surface area contributed by atoms with Crippen molar-refractivity contribution in [2.75, 3.05) is 6.61 Å². The Morgan fingerprint density at radius 1 is 1.39 bits per heavy atom. The largest absolute Gasteiger partial charge is 0.462 e. The Morgan fingerprint density at radius 3 is 2.61 bits per heavy atom. The molecular weight excluding hydrogens is 278 g/mol. The van der Waals surface area contributed by atoms with Crippen molar-refractivity contribution >= 4 is 27.6 Å². The zero-order chi connectivity index (χ0) is 13.8. The molecule has 0 atom stereocenters. The highest BCUT2D eigenvalue weighted by Crippen LogP contribution is 2.18. The lowest BCUT2D eigenvalue weighted by Crippen LogP contribution is -2.14. The number of halogens is 1. The minimum Gasteiger partial charge on any atom is -0.462 e. The van der Waals surface area contributed by atoms with Crippen LogP contribution in [-0.2, 0) is 14.8 Å². The van der Waals surface area contributed by atoms with Crippen LogP contribution in [-0.4, -0.2) is 21.0 Å². The van der Waals surface area contributed by atoms with Crippen LogP contribution in [0.5, 0.6) is 0 Å². The molecule has 0 fully saturated rings. The normalized spacial score (nSPS) is 11.3. The van der Waals surface area contributed by atoms with Crippen molar-refractivity contribution in [3.8, 4) is 0 Å². The zero-order valence-electron chi connectivity index (χ0n) is 9.85. The minimum absolute atomic E-state index is 0.0719. The molecule has 7 heteroatoms. The van der Waals surface area contributed by atoms with Crippen molar-refractivity contribution in [3.05, 3.63) is 28.8 Å². The smallest absolute Gasteiger partial charge is 0.338 e. The van der Waals surface area contributed by atoms with Crippen LogP contribution >= 0.6 is 11.6 Å². The molecule has 1 aromatic rings. The van der Waals surface area contributed by atoms with Crippen LogP contribution < -0.4 is 5.14 Å². The second kappa shape index (κ2) is 6.17.